The molecular weight excluding hydrogens is 242 g/mol. The van der Waals surface area contributed by atoms with E-state index in [9.17, 15) is 4.79 Å². The highest BCUT2D eigenvalue weighted by atomic mass is 32.2. The van der Waals surface area contributed by atoms with Gasteiger partial charge in [0.05, 0.1) is 5.69 Å². The zero-order chi connectivity index (χ0) is 11.4. The molecule has 1 saturated heterocycles. The van der Waals surface area contributed by atoms with Crippen molar-refractivity contribution in [2.24, 2.45) is 0 Å². The van der Waals surface area contributed by atoms with E-state index in [1.54, 1.807) is 0 Å². The van der Waals surface area contributed by atoms with Crippen LogP contribution in [0.25, 0.3) is 0 Å². The molecule has 2 heterocycles. The molecule has 1 aromatic heterocycles. The van der Waals surface area contributed by atoms with Gasteiger partial charge in [-0.1, -0.05) is 10.9 Å². The van der Waals surface area contributed by atoms with Crippen LogP contribution >= 0.6 is 23.3 Å². The number of carbonyl (C=O) groups is 1. The van der Waals surface area contributed by atoms with Gasteiger partial charge in [-0.25, -0.2) is 0 Å². The molecule has 1 unspecified atom stereocenters. The fourth-order valence-corrected chi connectivity index (χ4v) is 3.51. The quantitative estimate of drug-likeness (QED) is 0.898. The Morgan fingerprint density at radius 1 is 1.56 bits per heavy atom. The second kappa shape index (κ2) is 5.63. The first-order valence-corrected chi connectivity index (χ1v) is 7.28. The molecule has 1 amide bonds. The van der Waals surface area contributed by atoms with Crippen molar-refractivity contribution in [2.45, 2.75) is 31.4 Å². The van der Waals surface area contributed by atoms with Crippen molar-refractivity contribution in [1.29, 1.82) is 0 Å². The fourth-order valence-electron chi connectivity index (χ4n) is 1.69. The Kier molecular flexibility index (Phi) is 4.17. The number of hydrogen-bond acceptors (Lipinski definition) is 5. The van der Waals surface area contributed by atoms with Crippen LogP contribution in [0, 0.1) is 6.92 Å². The number of thioether (sulfide) groups is 1. The first-order valence-electron chi connectivity index (χ1n) is 5.46. The molecule has 88 valence electrons. The van der Waals surface area contributed by atoms with E-state index < -0.39 is 0 Å². The highest BCUT2D eigenvalue weighted by Crippen LogP contribution is 2.24. The Balaban J connectivity index is 1.81. The van der Waals surface area contributed by atoms with Gasteiger partial charge in [-0.05, 0) is 37.1 Å². The maximum Gasteiger partial charge on any atom is 0.264 e. The van der Waals surface area contributed by atoms with Crippen molar-refractivity contribution in [3.63, 3.8) is 0 Å². The normalized spacial score (nSPS) is 20.7. The summed E-state index contributed by atoms with van der Waals surface area (Å²) in [6.45, 7) is 2.58. The number of carbonyl (C=O) groups excluding carboxylic acids is 1. The molecule has 2 rings (SSSR count). The zero-order valence-corrected chi connectivity index (χ0v) is 10.9. The van der Waals surface area contributed by atoms with Gasteiger partial charge in [0.2, 0.25) is 0 Å². The summed E-state index contributed by atoms with van der Waals surface area (Å²) in [6, 6.07) is 0. The van der Waals surface area contributed by atoms with Gasteiger partial charge in [-0.15, -0.1) is 5.10 Å². The van der Waals surface area contributed by atoms with E-state index in [-0.39, 0.29) is 5.91 Å². The lowest BCUT2D eigenvalue weighted by molar-refractivity contribution is 0.0956. The lowest BCUT2D eigenvalue weighted by atomic mass is 10.2. The van der Waals surface area contributed by atoms with E-state index in [1.807, 2.05) is 18.7 Å². The van der Waals surface area contributed by atoms with Crippen LogP contribution in [0.4, 0.5) is 0 Å². The summed E-state index contributed by atoms with van der Waals surface area (Å²) in [5, 5.41) is 7.38. The minimum Gasteiger partial charge on any atom is -0.350 e. The number of amides is 1. The second-order valence-electron chi connectivity index (χ2n) is 3.89. The molecule has 6 heteroatoms. The van der Waals surface area contributed by atoms with Crippen LogP contribution in [0.1, 0.15) is 34.6 Å². The number of aryl methyl sites for hydroxylation is 1. The Bertz CT molecular complexity index is 361. The zero-order valence-electron chi connectivity index (χ0n) is 9.23. The van der Waals surface area contributed by atoms with Crippen molar-refractivity contribution in [2.75, 3.05) is 12.3 Å². The van der Waals surface area contributed by atoms with Crippen LogP contribution in [0.2, 0.25) is 0 Å². The van der Waals surface area contributed by atoms with E-state index >= 15 is 0 Å². The van der Waals surface area contributed by atoms with E-state index in [0.29, 0.717) is 10.1 Å². The SMILES string of the molecule is Cc1nnsc1C(=O)NCC1CCCCS1. The van der Waals surface area contributed by atoms with Gasteiger partial charge in [0, 0.05) is 11.8 Å². The molecule has 0 aliphatic carbocycles. The van der Waals surface area contributed by atoms with Gasteiger partial charge in [0.25, 0.3) is 5.91 Å². The van der Waals surface area contributed by atoms with Gasteiger partial charge in [-0.2, -0.15) is 11.8 Å². The third-order valence-electron chi connectivity index (χ3n) is 2.62. The van der Waals surface area contributed by atoms with Crippen LogP contribution < -0.4 is 5.32 Å². The average molecular weight is 257 g/mol. The van der Waals surface area contributed by atoms with Crippen LogP contribution in [-0.4, -0.2) is 33.0 Å². The summed E-state index contributed by atoms with van der Waals surface area (Å²) in [6.07, 6.45) is 3.81. The monoisotopic (exact) mass is 257 g/mol. The van der Waals surface area contributed by atoms with E-state index in [1.165, 1.54) is 25.0 Å². The van der Waals surface area contributed by atoms with E-state index in [4.69, 9.17) is 0 Å². The fraction of sp³-hybridized carbons (Fsp3) is 0.700. The Morgan fingerprint density at radius 2 is 2.44 bits per heavy atom. The van der Waals surface area contributed by atoms with Crippen LogP contribution in [-0.2, 0) is 0 Å². The maximum atomic E-state index is 11.8. The third kappa shape index (κ3) is 2.95. The van der Waals surface area contributed by atoms with Crippen LogP contribution in [0.5, 0.6) is 0 Å². The molecular formula is C10H15N3OS2. The summed E-state index contributed by atoms with van der Waals surface area (Å²) >= 11 is 3.13. The first-order chi connectivity index (χ1) is 7.77. The molecule has 1 fully saturated rings. The smallest absolute Gasteiger partial charge is 0.264 e. The van der Waals surface area contributed by atoms with Gasteiger partial charge in [-0.3, -0.25) is 4.79 Å². The molecule has 1 aliphatic rings. The van der Waals surface area contributed by atoms with Gasteiger partial charge < -0.3 is 5.32 Å². The molecule has 1 N–H and O–H groups in total. The lowest BCUT2D eigenvalue weighted by Crippen LogP contribution is -2.31. The Labute approximate surface area is 103 Å². The second-order valence-corrected chi connectivity index (χ2v) is 6.05. The summed E-state index contributed by atoms with van der Waals surface area (Å²) in [7, 11) is 0. The maximum absolute atomic E-state index is 11.8. The predicted octanol–water partition coefficient (Wildman–Crippen LogP) is 1.86. The van der Waals surface area contributed by atoms with Crippen LogP contribution in [0.15, 0.2) is 0 Å². The number of hydrogen-bond donors (Lipinski definition) is 1. The van der Waals surface area contributed by atoms with E-state index in [0.717, 1.165) is 23.8 Å². The molecule has 0 radical (unpaired) electrons. The highest BCUT2D eigenvalue weighted by molar-refractivity contribution is 7.99. The first kappa shape index (κ1) is 11.9. The van der Waals surface area contributed by atoms with E-state index in [2.05, 4.69) is 14.9 Å². The molecule has 1 aromatic rings. The molecule has 0 bridgehead atoms. The Morgan fingerprint density at radius 3 is 3.06 bits per heavy atom. The third-order valence-corrected chi connectivity index (χ3v) is 4.85. The van der Waals surface area contributed by atoms with Gasteiger partial charge >= 0.3 is 0 Å². The molecule has 0 spiro atoms. The largest absolute Gasteiger partial charge is 0.350 e. The minimum absolute atomic E-state index is 0.0290. The van der Waals surface area contributed by atoms with Crippen molar-refractivity contribution in [1.82, 2.24) is 14.9 Å². The van der Waals surface area contributed by atoms with Crippen molar-refractivity contribution < 1.29 is 4.79 Å². The lowest BCUT2D eigenvalue weighted by Gasteiger charge is -2.21. The summed E-state index contributed by atoms with van der Waals surface area (Å²) in [5.74, 6) is 1.19. The van der Waals surface area contributed by atoms with Crippen LogP contribution in [0.3, 0.4) is 0 Å². The summed E-state index contributed by atoms with van der Waals surface area (Å²) < 4.78 is 3.76. The summed E-state index contributed by atoms with van der Waals surface area (Å²) in [4.78, 5) is 12.4. The molecule has 1 atom stereocenters. The molecule has 0 aromatic carbocycles. The summed E-state index contributed by atoms with van der Waals surface area (Å²) in [5.41, 5.74) is 0.721. The highest BCUT2D eigenvalue weighted by Gasteiger charge is 2.17. The van der Waals surface area contributed by atoms with Gasteiger partial charge in [0.15, 0.2) is 0 Å². The standard InChI is InChI=1S/C10H15N3OS2/c1-7-9(16-13-12-7)10(14)11-6-8-4-2-3-5-15-8/h8H,2-6H2,1H3,(H,11,14). The molecule has 1 aliphatic heterocycles. The minimum atomic E-state index is -0.0290. The topological polar surface area (TPSA) is 54.9 Å². The van der Waals surface area contributed by atoms with Gasteiger partial charge in [0.1, 0.15) is 4.88 Å². The number of rotatable bonds is 3. The molecule has 4 nitrogen and oxygen atoms in total. The molecule has 16 heavy (non-hydrogen) atoms. The van der Waals surface area contributed by atoms with Crippen molar-refractivity contribution in [3.05, 3.63) is 10.6 Å². The number of aromatic nitrogens is 2. The van der Waals surface area contributed by atoms with Crippen molar-refractivity contribution >= 4 is 29.2 Å². The predicted molar refractivity (Wildman–Crippen MR) is 67.1 cm³/mol. The Hall–Kier alpha value is -0.620. The average Bonchev–Trinajstić information content (AvgIpc) is 2.74. The van der Waals surface area contributed by atoms with Crippen molar-refractivity contribution in [3.8, 4) is 0 Å². The molecule has 0 saturated carbocycles. The number of nitrogens with one attached hydrogen (secondary N) is 1. The number of nitrogens with zero attached hydrogens (tertiary/aromatic N) is 2.